The molecule has 2 unspecified atom stereocenters. The van der Waals surface area contributed by atoms with Crippen molar-refractivity contribution >= 4 is 46.3 Å². The summed E-state index contributed by atoms with van der Waals surface area (Å²) in [5, 5.41) is 5.00. The molecule has 1 aliphatic rings. The predicted molar refractivity (Wildman–Crippen MR) is 85.9 cm³/mol. The van der Waals surface area contributed by atoms with Crippen LogP contribution in [-0.2, 0) is 0 Å². The van der Waals surface area contributed by atoms with Gasteiger partial charge in [-0.3, -0.25) is 0 Å². The van der Waals surface area contributed by atoms with Crippen molar-refractivity contribution in [2.45, 2.75) is 30.6 Å². The summed E-state index contributed by atoms with van der Waals surface area (Å²) in [7, 11) is 0. The Morgan fingerprint density at radius 3 is 2.89 bits per heavy atom. The van der Waals surface area contributed by atoms with E-state index in [2.05, 4.69) is 11.6 Å². The summed E-state index contributed by atoms with van der Waals surface area (Å²) in [5.74, 6) is 0. The molecule has 0 amide bonds. The average Bonchev–Trinajstić information content (AvgIpc) is 2.76. The van der Waals surface area contributed by atoms with E-state index in [1.54, 1.807) is 0 Å². The Morgan fingerprint density at radius 2 is 2.28 bits per heavy atom. The Labute approximate surface area is 123 Å². The summed E-state index contributed by atoms with van der Waals surface area (Å²) < 4.78 is 0. The molecule has 0 bridgehead atoms. The summed E-state index contributed by atoms with van der Waals surface area (Å²) in [6.45, 7) is 0. The van der Waals surface area contributed by atoms with Gasteiger partial charge in [-0.2, -0.15) is 11.8 Å². The second-order valence-corrected chi connectivity index (χ2v) is 6.58. The summed E-state index contributed by atoms with van der Waals surface area (Å²) in [6, 6.07) is 6.10. The van der Waals surface area contributed by atoms with Gasteiger partial charge < -0.3 is 11.1 Å². The third-order valence-corrected chi connectivity index (χ3v) is 4.87. The maximum absolute atomic E-state index is 6.03. The van der Waals surface area contributed by atoms with Gasteiger partial charge in [0.15, 0.2) is 0 Å². The zero-order chi connectivity index (χ0) is 13.1. The van der Waals surface area contributed by atoms with E-state index in [4.69, 9.17) is 29.6 Å². The molecule has 5 heteroatoms. The molecule has 1 aromatic carbocycles. The van der Waals surface area contributed by atoms with E-state index in [9.17, 15) is 0 Å². The molecule has 0 spiro atoms. The fraction of sp³-hybridized carbons (Fsp3) is 0.462. The van der Waals surface area contributed by atoms with Crippen LogP contribution >= 0.6 is 35.6 Å². The molecule has 3 N–H and O–H groups in total. The van der Waals surface area contributed by atoms with Gasteiger partial charge in [0.25, 0.3) is 0 Å². The van der Waals surface area contributed by atoms with Crippen LogP contribution in [0.3, 0.4) is 0 Å². The highest BCUT2D eigenvalue weighted by Gasteiger charge is 2.24. The first-order valence-electron chi connectivity index (χ1n) is 5.99. The van der Waals surface area contributed by atoms with Gasteiger partial charge in [0, 0.05) is 27.6 Å². The van der Waals surface area contributed by atoms with E-state index in [-0.39, 0.29) is 0 Å². The van der Waals surface area contributed by atoms with E-state index >= 15 is 0 Å². The predicted octanol–water partition coefficient (Wildman–Crippen LogP) is 3.67. The molecule has 0 radical (unpaired) electrons. The van der Waals surface area contributed by atoms with Crippen LogP contribution in [0.5, 0.6) is 0 Å². The topological polar surface area (TPSA) is 38.0 Å². The molecule has 2 nitrogen and oxygen atoms in total. The van der Waals surface area contributed by atoms with Gasteiger partial charge in [-0.1, -0.05) is 23.8 Å². The first-order valence-corrected chi connectivity index (χ1v) is 8.06. The number of nitrogens with one attached hydrogen (secondary N) is 1. The van der Waals surface area contributed by atoms with E-state index in [0.29, 0.717) is 16.1 Å². The van der Waals surface area contributed by atoms with Gasteiger partial charge in [-0.25, -0.2) is 0 Å². The Balaban J connectivity index is 2.13. The highest BCUT2D eigenvalue weighted by atomic mass is 35.5. The molecule has 1 aliphatic carbocycles. The number of hydrogen-bond donors (Lipinski definition) is 2. The monoisotopic (exact) mass is 300 g/mol. The molecular weight excluding hydrogens is 284 g/mol. The van der Waals surface area contributed by atoms with Crippen molar-refractivity contribution < 1.29 is 0 Å². The van der Waals surface area contributed by atoms with Crippen LogP contribution in [0, 0.1) is 0 Å². The van der Waals surface area contributed by atoms with Crippen molar-refractivity contribution in [3.8, 4) is 0 Å². The molecule has 0 heterocycles. The lowest BCUT2D eigenvalue weighted by Gasteiger charge is -2.17. The Bertz CT molecular complexity index is 451. The SMILES string of the molecule is CSC1CCC(Nc2cc(Cl)ccc2C(N)=S)C1. The van der Waals surface area contributed by atoms with Crippen LogP contribution in [0.25, 0.3) is 0 Å². The minimum absolute atomic E-state index is 0.411. The molecule has 1 saturated carbocycles. The summed E-state index contributed by atoms with van der Waals surface area (Å²) in [6.07, 6.45) is 5.81. The molecule has 2 atom stereocenters. The summed E-state index contributed by atoms with van der Waals surface area (Å²) >= 11 is 13.0. The summed E-state index contributed by atoms with van der Waals surface area (Å²) in [4.78, 5) is 0.411. The quantitative estimate of drug-likeness (QED) is 0.832. The fourth-order valence-electron chi connectivity index (χ4n) is 2.36. The Kier molecular flexibility index (Phi) is 4.76. The zero-order valence-electron chi connectivity index (χ0n) is 10.3. The van der Waals surface area contributed by atoms with Gasteiger partial charge in [0.05, 0.1) is 0 Å². The lowest BCUT2D eigenvalue weighted by atomic mass is 10.1. The first-order chi connectivity index (χ1) is 8.60. The number of hydrogen-bond acceptors (Lipinski definition) is 3. The minimum atomic E-state index is 0.411. The van der Waals surface area contributed by atoms with Crippen LogP contribution in [0.15, 0.2) is 18.2 Å². The van der Waals surface area contributed by atoms with Crippen molar-refractivity contribution in [3.05, 3.63) is 28.8 Å². The molecule has 0 saturated heterocycles. The number of rotatable bonds is 4. The van der Waals surface area contributed by atoms with E-state index in [0.717, 1.165) is 16.5 Å². The number of thioether (sulfide) groups is 1. The Morgan fingerprint density at radius 1 is 1.50 bits per heavy atom. The number of thiocarbonyl (C=S) groups is 1. The van der Waals surface area contributed by atoms with Crippen molar-refractivity contribution in [1.82, 2.24) is 0 Å². The van der Waals surface area contributed by atoms with Crippen LogP contribution in [0.2, 0.25) is 5.02 Å². The van der Waals surface area contributed by atoms with Crippen LogP contribution in [0.4, 0.5) is 5.69 Å². The minimum Gasteiger partial charge on any atom is -0.389 e. The fourth-order valence-corrected chi connectivity index (χ4v) is 3.50. The van der Waals surface area contributed by atoms with Gasteiger partial charge in [0.1, 0.15) is 4.99 Å². The molecule has 1 fully saturated rings. The van der Waals surface area contributed by atoms with Crippen LogP contribution in [0.1, 0.15) is 24.8 Å². The second kappa shape index (κ2) is 6.13. The standard InChI is InChI=1S/C13H17ClN2S2/c1-18-10-4-3-9(7-10)16-12-6-8(14)2-5-11(12)13(15)17/h2,5-6,9-10,16H,3-4,7H2,1H3,(H2,15,17). The van der Waals surface area contributed by atoms with E-state index < -0.39 is 0 Å². The van der Waals surface area contributed by atoms with E-state index in [1.165, 1.54) is 19.3 Å². The smallest absolute Gasteiger partial charge is 0.106 e. The van der Waals surface area contributed by atoms with Gasteiger partial charge in [-0.05, 0) is 43.7 Å². The molecule has 98 valence electrons. The van der Waals surface area contributed by atoms with Crippen LogP contribution in [-0.4, -0.2) is 22.5 Å². The van der Waals surface area contributed by atoms with Crippen molar-refractivity contribution in [2.24, 2.45) is 5.73 Å². The molecule has 0 aromatic heterocycles. The van der Waals surface area contributed by atoms with E-state index in [1.807, 2.05) is 30.0 Å². The number of halogens is 1. The Hall–Kier alpha value is -0.450. The first kappa shape index (κ1) is 14.0. The van der Waals surface area contributed by atoms with Crippen LogP contribution < -0.4 is 11.1 Å². The molecule has 1 aromatic rings. The van der Waals surface area contributed by atoms with Crippen molar-refractivity contribution in [1.29, 1.82) is 0 Å². The lowest BCUT2D eigenvalue weighted by Crippen LogP contribution is -2.20. The number of benzene rings is 1. The highest BCUT2D eigenvalue weighted by molar-refractivity contribution is 7.99. The van der Waals surface area contributed by atoms with Gasteiger partial charge in [-0.15, -0.1) is 0 Å². The normalized spacial score (nSPS) is 23.0. The van der Waals surface area contributed by atoms with Crippen molar-refractivity contribution in [2.75, 3.05) is 11.6 Å². The maximum Gasteiger partial charge on any atom is 0.106 e. The second-order valence-electron chi connectivity index (χ2n) is 4.57. The maximum atomic E-state index is 6.03. The number of nitrogens with two attached hydrogens (primary N) is 1. The third-order valence-electron chi connectivity index (χ3n) is 3.32. The van der Waals surface area contributed by atoms with Gasteiger partial charge >= 0.3 is 0 Å². The molecular formula is C13H17ClN2S2. The summed E-state index contributed by atoms with van der Waals surface area (Å²) in [5.41, 5.74) is 7.57. The largest absolute Gasteiger partial charge is 0.389 e. The third kappa shape index (κ3) is 3.31. The number of anilines is 1. The average molecular weight is 301 g/mol. The lowest BCUT2D eigenvalue weighted by molar-refractivity contribution is 0.757. The molecule has 18 heavy (non-hydrogen) atoms. The molecule has 2 rings (SSSR count). The van der Waals surface area contributed by atoms with Gasteiger partial charge in [0.2, 0.25) is 0 Å². The zero-order valence-corrected chi connectivity index (χ0v) is 12.7. The highest BCUT2D eigenvalue weighted by Crippen LogP contribution is 2.31. The molecule has 0 aliphatic heterocycles. The van der Waals surface area contributed by atoms with Crippen molar-refractivity contribution in [3.63, 3.8) is 0 Å².